The van der Waals surface area contributed by atoms with Crippen LogP contribution in [0.1, 0.15) is 0 Å². The molecule has 0 radical (unpaired) electrons. The van der Waals surface area contributed by atoms with Crippen molar-refractivity contribution in [1.82, 2.24) is 0 Å². The lowest BCUT2D eigenvalue weighted by atomic mass is 10.5. The first-order valence-electron chi connectivity index (χ1n) is 2.28. The van der Waals surface area contributed by atoms with Crippen molar-refractivity contribution in [3.05, 3.63) is 29.3 Å². The van der Waals surface area contributed by atoms with Crippen molar-refractivity contribution >= 4 is 62.3 Å². The van der Waals surface area contributed by atoms with Crippen molar-refractivity contribution in [2.24, 2.45) is 0 Å². The minimum absolute atomic E-state index is 0.130. The highest BCUT2D eigenvalue weighted by Crippen LogP contribution is 2.31. The van der Waals surface area contributed by atoms with Crippen molar-refractivity contribution in [3.8, 4) is 0 Å². The number of halogens is 5. The lowest BCUT2D eigenvalue weighted by molar-refractivity contribution is -0.419. The molecule has 3 nitrogen and oxygen atoms in total. The third kappa shape index (κ3) is 3.49. The molecule has 0 spiro atoms. The highest BCUT2D eigenvalue weighted by Gasteiger charge is 2.22. The van der Waals surface area contributed by atoms with E-state index in [1.165, 1.54) is 0 Å². The molecule has 0 heterocycles. The van der Waals surface area contributed by atoms with Gasteiger partial charge in [0.05, 0.1) is 4.92 Å². The molecule has 12 heavy (non-hydrogen) atoms. The maximum absolute atomic E-state index is 10.3. The van der Waals surface area contributed by atoms with Gasteiger partial charge >= 0.3 is 5.70 Å². The first kappa shape index (κ1) is 12.5. The summed E-state index contributed by atoms with van der Waals surface area (Å²) in [5.74, 6) is 0. The molecule has 0 N–H and O–H groups in total. The van der Waals surface area contributed by atoms with Crippen molar-refractivity contribution in [2.75, 3.05) is 0 Å². The van der Waals surface area contributed by atoms with E-state index in [0.29, 0.717) is 0 Å². The fraction of sp³-hybridized carbons (Fsp3) is 0. The molecular formula is C4BrCl4NO2. The third-order valence-electron chi connectivity index (χ3n) is 0.735. The number of rotatable bonds is 2. The van der Waals surface area contributed by atoms with E-state index in [1.54, 1.807) is 0 Å². The van der Waals surface area contributed by atoms with E-state index < -0.39 is 15.1 Å². The molecule has 0 aromatic heterocycles. The van der Waals surface area contributed by atoms with Crippen LogP contribution < -0.4 is 0 Å². The molecule has 0 aliphatic rings. The first-order valence-corrected chi connectivity index (χ1v) is 4.59. The standard InChI is InChI=1S/C4BrCl4NO2/c5-3(7)1(6)2(4(8)9)10(11)12. The minimum atomic E-state index is -0.832. The van der Waals surface area contributed by atoms with Crippen molar-refractivity contribution < 1.29 is 4.92 Å². The summed E-state index contributed by atoms with van der Waals surface area (Å²) in [6.45, 7) is 0. The monoisotopic (exact) mass is 313 g/mol. The lowest BCUT2D eigenvalue weighted by Crippen LogP contribution is -1.99. The van der Waals surface area contributed by atoms with Gasteiger partial charge in [-0.15, -0.1) is 0 Å². The Morgan fingerprint density at radius 1 is 1.25 bits per heavy atom. The maximum atomic E-state index is 10.3. The molecule has 0 atom stereocenters. The van der Waals surface area contributed by atoms with Gasteiger partial charge in [-0.1, -0.05) is 46.4 Å². The van der Waals surface area contributed by atoms with Crippen LogP contribution in [0.25, 0.3) is 0 Å². The van der Waals surface area contributed by atoms with E-state index >= 15 is 0 Å². The van der Waals surface area contributed by atoms with Crippen molar-refractivity contribution in [2.45, 2.75) is 0 Å². The molecule has 68 valence electrons. The van der Waals surface area contributed by atoms with Crippen molar-refractivity contribution in [1.29, 1.82) is 0 Å². The zero-order chi connectivity index (χ0) is 9.89. The van der Waals surface area contributed by atoms with Crippen LogP contribution in [-0.4, -0.2) is 4.92 Å². The molecule has 0 aromatic rings. The van der Waals surface area contributed by atoms with Gasteiger partial charge in [-0.25, -0.2) is 0 Å². The summed E-state index contributed by atoms with van der Waals surface area (Å²) < 4.78 is -0.683. The summed E-state index contributed by atoms with van der Waals surface area (Å²) in [7, 11) is 0. The van der Waals surface area contributed by atoms with E-state index in [4.69, 9.17) is 46.4 Å². The van der Waals surface area contributed by atoms with E-state index in [1.807, 2.05) is 0 Å². The number of hydrogen-bond donors (Lipinski definition) is 0. The fourth-order valence-electron chi connectivity index (χ4n) is 0.322. The summed E-state index contributed by atoms with van der Waals surface area (Å²) in [4.78, 5) is 9.44. The highest BCUT2D eigenvalue weighted by atomic mass is 79.9. The zero-order valence-corrected chi connectivity index (χ0v) is 9.76. The Balaban J connectivity index is 5.21. The average Bonchev–Trinajstić information content (AvgIpc) is 1.85. The maximum Gasteiger partial charge on any atom is 0.319 e. The Morgan fingerprint density at radius 2 is 1.67 bits per heavy atom. The SMILES string of the molecule is O=[N+]([O-])C(=C(Cl)Cl)C(Cl)=C(Cl)Br. The molecular weight excluding hydrogens is 316 g/mol. The van der Waals surface area contributed by atoms with Gasteiger partial charge in [0.2, 0.25) is 0 Å². The van der Waals surface area contributed by atoms with Crippen LogP contribution in [0.3, 0.4) is 0 Å². The topological polar surface area (TPSA) is 43.1 Å². The summed E-state index contributed by atoms with van der Waals surface area (Å²) in [6.07, 6.45) is 0. The van der Waals surface area contributed by atoms with Gasteiger partial charge in [0.15, 0.2) is 4.49 Å². The molecule has 0 fully saturated rings. The Morgan fingerprint density at radius 3 is 1.75 bits per heavy atom. The van der Waals surface area contributed by atoms with Gasteiger partial charge < -0.3 is 0 Å². The minimum Gasteiger partial charge on any atom is -0.258 e. The molecule has 0 aliphatic heterocycles. The smallest absolute Gasteiger partial charge is 0.258 e. The number of nitro groups is 1. The van der Waals surface area contributed by atoms with Crippen LogP contribution in [0.4, 0.5) is 0 Å². The summed E-state index contributed by atoms with van der Waals surface area (Å²) in [5, 5.41) is 9.92. The van der Waals surface area contributed by atoms with Crippen LogP contribution in [0.5, 0.6) is 0 Å². The zero-order valence-electron chi connectivity index (χ0n) is 5.15. The van der Waals surface area contributed by atoms with E-state index in [9.17, 15) is 10.1 Å². The molecule has 0 bridgehead atoms. The average molecular weight is 316 g/mol. The van der Waals surface area contributed by atoms with Crippen LogP contribution in [-0.2, 0) is 0 Å². The van der Waals surface area contributed by atoms with Crippen LogP contribution in [0.15, 0.2) is 19.2 Å². The number of nitrogens with zero attached hydrogens (tertiary/aromatic N) is 1. The largest absolute Gasteiger partial charge is 0.319 e. The van der Waals surface area contributed by atoms with E-state index in [2.05, 4.69) is 15.9 Å². The molecule has 0 rings (SSSR count). The highest BCUT2D eigenvalue weighted by molar-refractivity contribution is 9.12. The van der Waals surface area contributed by atoms with Crippen molar-refractivity contribution in [3.63, 3.8) is 0 Å². The molecule has 0 saturated carbocycles. The molecule has 8 heteroatoms. The van der Waals surface area contributed by atoms with Crippen LogP contribution in [0.2, 0.25) is 0 Å². The van der Waals surface area contributed by atoms with Gasteiger partial charge in [0.1, 0.15) is 8.97 Å². The predicted molar refractivity (Wildman–Crippen MR) is 53.4 cm³/mol. The summed E-state index contributed by atoms with van der Waals surface area (Å²) >= 11 is 23.8. The van der Waals surface area contributed by atoms with Gasteiger partial charge in [-0.05, 0) is 15.9 Å². The quantitative estimate of drug-likeness (QED) is 0.440. The van der Waals surface area contributed by atoms with Crippen LogP contribution >= 0.6 is 62.3 Å². The van der Waals surface area contributed by atoms with E-state index in [0.717, 1.165) is 0 Å². The number of allylic oxidation sites excluding steroid dienone is 1. The molecule has 0 aliphatic carbocycles. The lowest BCUT2D eigenvalue weighted by Gasteiger charge is -1.95. The second-order valence-corrected chi connectivity index (χ2v) is 4.40. The second kappa shape index (κ2) is 5.29. The number of hydrogen-bond acceptors (Lipinski definition) is 2. The first-order chi connectivity index (χ1) is 5.37. The molecule has 0 amide bonds. The van der Waals surface area contributed by atoms with Gasteiger partial charge in [0, 0.05) is 0 Å². The van der Waals surface area contributed by atoms with Crippen LogP contribution in [0, 0.1) is 10.1 Å². The second-order valence-electron chi connectivity index (χ2n) is 1.44. The Hall–Kier alpha value is 0.520. The third-order valence-corrected chi connectivity index (χ3v) is 2.37. The molecule has 0 unspecified atom stereocenters. The predicted octanol–water partition coefficient (Wildman–Crippen LogP) is 3.95. The van der Waals surface area contributed by atoms with Gasteiger partial charge in [-0.3, -0.25) is 10.1 Å². The Labute approximate surface area is 96.2 Å². The molecule has 0 saturated heterocycles. The molecule has 0 aromatic carbocycles. The van der Waals surface area contributed by atoms with Gasteiger partial charge in [0.25, 0.3) is 0 Å². The normalized spacial score (nSPS) is 12.1. The van der Waals surface area contributed by atoms with E-state index in [-0.39, 0.29) is 8.97 Å². The summed E-state index contributed by atoms with van der Waals surface area (Å²) in [6, 6.07) is 0. The Kier molecular flexibility index (Phi) is 5.52. The fourth-order valence-corrected chi connectivity index (χ4v) is 1.19. The summed E-state index contributed by atoms with van der Waals surface area (Å²) in [5.41, 5.74) is -0.637. The Bertz CT molecular complexity index is 266. The van der Waals surface area contributed by atoms with Gasteiger partial charge in [-0.2, -0.15) is 0 Å².